The highest BCUT2D eigenvalue weighted by atomic mass is 16.3. The molecule has 11 aromatic rings. The average molecular weight is 692 g/mol. The summed E-state index contributed by atoms with van der Waals surface area (Å²) in [6.45, 7) is 0. The summed E-state index contributed by atoms with van der Waals surface area (Å²) in [5.41, 5.74) is 10.5. The number of rotatable bonds is 5. The normalized spacial score (nSPS) is 11.7. The maximum Gasteiger partial charge on any atom is 0.164 e. The van der Waals surface area contributed by atoms with Gasteiger partial charge in [-0.15, -0.1) is 0 Å². The van der Waals surface area contributed by atoms with Crippen molar-refractivity contribution in [2.45, 2.75) is 0 Å². The van der Waals surface area contributed by atoms with Crippen LogP contribution in [0, 0.1) is 0 Å². The number of nitrogens with zero attached hydrogens (tertiary/aromatic N) is 3. The molecule has 5 heteroatoms. The molecule has 0 amide bonds. The zero-order valence-corrected chi connectivity index (χ0v) is 28.9. The summed E-state index contributed by atoms with van der Waals surface area (Å²) in [4.78, 5) is 15.4. The first-order valence-electron chi connectivity index (χ1n) is 18.0. The van der Waals surface area contributed by atoms with Crippen LogP contribution in [0.25, 0.3) is 111 Å². The van der Waals surface area contributed by atoms with Gasteiger partial charge >= 0.3 is 0 Å². The molecule has 11 rings (SSSR count). The molecule has 0 radical (unpaired) electrons. The lowest BCUT2D eigenvalue weighted by Crippen LogP contribution is -2.00. The van der Waals surface area contributed by atoms with E-state index < -0.39 is 0 Å². The lowest BCUT2D eigenvalue weighted by atomic mass is 9.90. The molecule has 0 aliphatic heterocycles. The molecule has 252 valence electrons. The second-order valence-electron chi connectivity index (χ2n) is 13.5. The van der Waals surface area contributed by atoms with Gasteiger partial charge in [0.15, 0.2) is 17.5 Å². The third-order valence-electron chi connectivity index (χ3n) is 10.4. The molecule has 0 aliphatic rings. The topological polar surface area (TPSA) is 65.0 Å². The molecule has 0 spiro atoms. The number of benzene rings is 8. The number of hydrogen-bond acceptors (Lipinski definition) is 5. The van der Waals surface area contributed by atoms with Crippen molar-refractivity contribution < 1.29 is 8.83 Å². The monoisotopic (exact) mass is 691 g/mol. The molecule has 3 aromatic heterocycles. The van der Waals surface area contributed by atoms with Gasteiger partial charge in [0.25, 0.3) is 0 Å². The summed E-state index contributed by atoms with van der Waals surface area (Å²) in [7, 11) is 0. The fourth-order valence-corrected chi connectivity index (χ4v) is 7.89. The van der Waals surface area contributed by atoms with Gasteiger partial charge in [0.1, 0.15) is 22.3 Å². The first-order valence-corrected chi connectivity index (χ1v) is 18.0. The molecule has 0 aliphatic carbocycles. The first-order chi connectivity index (χ1) is 26.8. The molecule has 54 heavy (non-hydrogen) atoms. The van der Waals surface area contributed by atoms with Crippen molar-refractivity contribution in [2.75, 3.05) is 0 Å². The SMILES string of the molecule is c1ccc(-c2nc(-c3ccc4oc5ccccc5c4c3)nc(-c3cccc4oc5cccc(-c6ccc(-c7ccccc7)c7ccccc67)c5c34)n2)cc1. The highest BCUT2D eigenvalue weighted by molar-refractivity contribution is 6.20. The lowest BCUT2D eigenvalue weighted by molar-refractivity contribution is 0.668. The van der Waals surface area contributed by atoms with E-state index in [1.165, 1.54) is 21.9 Å². The van der Waals surface area contributed by atoms with E-state index in [1.54, 1.807) is 0 Å². The van der Waals surface area contributed by atoms with Crippen molar-refractivity contribution in [3.05, 3.63) is 176 Å². The van der Waals surface area contributed by atoms with Crippen molar-refractivity contribution in [3.63, 3.8) is 0 Å². The molecule has 0 N–H and O–H groups in total. The van der Waals surface area contributed by atoms with Crippen LogP contribution in [-0.2, 0) is 0 Å². The minimum absolute atomic E-state index is 0.573. The van der Waals surface area contributed by atoms with Crippen molar-refractivity contribution in [3.8, 4) is 56.4 Å². The third kappa shape index (κ3) is 4.83. The van der Waals surface area contributed by atoms with Gasteiger partial charge < -0.3 is 8.83 Å². The smallest absolute Gasteiger partial charge is 0.164 e. The third-order valence-corrected chi connectivity index (χ3v) is 10.4. The molecule has 5 nitrogen and oxygen atoms in total. The molecule has 0 fully saturated rings. The predicted octanol–water partition coefficient (Wildman–Crippen LogP) is 13.2. The van der Waals surface area contributed by atoms with Gasteiger partial charge in [-0.1, -0.05) is 140 Å². The van der Waals surface area contributed by atoms with Crippen molar-refractivity contribution >= 4 is 54.6 Å². The maximum absolute atomic E-state index is 6.61. The second-order valence-corrected chi connectivity index (χ2v) is 13.5. The van der Waals surface area contributed by atoms with Crippen LogP contribution in [0.2, 0.25) is 0 Å². The van der Waals surface area contributed by atoms with Crippen LogP contribution in [0.4, 0.5) is 0 Å². The summed E-state index contributed by atoms with van der Waals surface area (Å²) in [5, 5.41) is 6.43. The van der Waals surface area contributed by atoms with Crippen LogP contribution < -0.4 is 0 Å². The molecular weight excluding hydrogens is 663 g/mol. The molecule has 0 saturated heterocycles. The van der Waals surface area contributed by atoms with E-state index in [2.05, 4.69) is 97.1 Å². The molecule has 0 unspecified atom stereocenters. The van der Waals surface area contributed by atoms with E-state index in [4.69, 9.17) is 23.8 Å². The van der Waals surface area contributed by atoms with Crippen LogP contribution in [0.5, 0.6) is 0 Å². The zero-order chi connectivity index (χ0) is 35.6. The quantitative estimate of drug-likeness (QED) is 0.180. The largest absolute Gasteiger partial charge is 0.456 e. The standard InChI is InChI=1S/C49H29N3O2/c1-3-13-30(14-4-1)33-26-27-36(35-18-8-7-17-34(33)35)38-20-11-23-43-45(38)46-39(21-12-24-44(46)54-43)49-51-47(31-15-5-2-6-16-31)50-48(52-49)32-25-28-42-40(29-32)37-19-9-10-22-41(37)53-42/h1-29H. The van der Waals surface area contributed by atoms with Crippen molar-refractivity contribution in [1.82, 2.24) is 15.0 Å². The Kier molecular flexibility index (Phi) is 6.79. The van der Waals surface area contributed by atoms with Crippen molar-refractivity contribution in [2.24, 2.45) is 0 Å². The predicted molar refractivity (Wildman–Crippen MR) is 219 cm³/mol. The Labute approximate surface area is 309 Å². The summed E-state index contributed by atoms with van der Waals surface area (Å²) in [6, 6.07) is 60.4. The molecular formula is C49H29N3O2. The van der Waals surface area contributed by atoms with Crippen LogP contribution in [0.3, 0.4) is 0 Å². The Bertz CT molecular complexity index is 3220. The fraction of sp³-hybridized carbons (Fsp3) is 0. The molecule has 8 aromatic carbocycles. The fourth-order valence-electron chi connectivity index (χ4n) is 7.89. The first kappa shape index (κ1) is 30.3. The van der Waals surface area contributed by atoms with E-state index in [0.29, 0.717) is 17.5 Å². The average Bonchev–Trinajstić information content (AvgIpc) is 3.82. The van der Waals surface area contributed by atoms with Gasteiger partial charge in [0, 0.05) is 38.2 Å². The number of hydrogen-bond donors (Lipinski definition) is 0. The van der Waals surface area contributed by atoms with Gasteiger partial charge in [0.2, 0.25) is 0 Å². The Balaban J connectivity index is 1.16. The Morgan fingerprint density at radius 2 is 0.796 bits per heavy atom. The lowest BCUT2D eigenvalue weighted by Gasteiger charge is -2.13. The van der Waals surface area contributed by atoms with Crippen LogP contribution in [0.15, 0.2) is 185 Å². The Hall–Kier alpha value is -7.37. The number of aromatic nitrogens is 3. The van der Waals surface area contributed by atoms with E-state index in [1.807, 2.05) is 78.9 Å². The van der Waals surface area contributed by atoms with Gasteiger partial charge in [-0.25, -0.2) is 15.0 Å². The van der Waals surface area contributed by atoms with E-state index in [0.717, 1.165) is 71.7 Å². The van der Waals surface area contributed by atoms with Crippen LogP contribution >= 0.6 is 0 Å². The number of fused-ring (bicyclic) bond motifs is 7. The van der Waals surface area contributed by atoms with Crippen molar-refractivity contribution in [1.29, 1.82) is 0 Å². The summed E-state index contributed by atoms with van der Waals surface area (Å²) >= 11 is 0. The maximum atomic E-state index is 6.61. The number of para-hydroxylation sites is 1. The Morgan fingerprint density at radius 3 is 1.56 bits per heavy atom. The van der Waals surface area contributed by atoms with E-state index in [9.17, 15) is 0 Å². The molecule has 0 saturated carbocycles. The number of furan rings is 2. The summed E-state index contributed by atoms with van der Waals surface area (Å²) < 4.78 is 12.8. The van der Waals surface area contributed by atoms with Gasteiger partial charge in [-0.05, 0) is 69.4 Å². The highest BCUT2D eigenvalue weighted by Gasteiger charge is 2.21. The molecule has 0 atom stereocenters. The molecule has 0 bridgehead atoms. The van der Waals surface area contributed by atoms with E-state index >= 15 is 0 Å². The highest BCUT2D eigenvalue weighted by Crippen LogP contribution is 2.44. The minimum atomic E-state index is 0.573. The molecule has 3 heterocycles. The Morgan fingerprint density at radius 1 is 0.278 bits per heavy atom. The van der Waals surface area contributed by atoms with E-state index in [-0.39, 0.29) is 0 Å². The van der Waals surface area contributed by atoms with Gasteiger partial charge in [0.05, 0.1) is 0 Å². The van der Waals surface area contributed by atoms with Gasteiger partial charge in [-0.3, -0.25) is 0 Å². The second kappa shape index (κ2) is 12.1. The van der Waals surface area contributed by atoms with Crippen LogP contribution in [-0.4, -0.2) is 15.0 Å². The summed E-state index contributed by atoms with van der Waals surface area (Å²) in [5.74, 6) is 1.75. The summed E-state index contributed by atoms with van der Waals surface area (Å²) in [6.07, 6.45) is 0. The minimum Gasteiger partial charge on any atom is -0.456 e. The van der Waals surface area contributed by atoms with Gasteiger partial charge in [-0.2, -0.15) is 0 Å². The zero-order valence-electron chi connectivity index (χ0n) is 28.9. The van der Waals surface area contributed by atoms with Crippen LogP contribution in [0.1, 0.15) is 0 Å².